The average molecular weight is 184 g/mol. The second kappa shape index (κ2) is 2.47. The van der Waals surface area contributed by atoms with Crippen molar-refractivity contribution in [3.05, 3.63) is 28.8 Å². The summed E-state index contributed by atoms with van der Waals surface area (Å²) in [5.74, 6) is -0.335. The number of benzene rings is 1. The lowest BCUT2D eigenvalue weighted by Crippen LogP contribution is -2.21. The van der Waals surface area contributed by atoms with Crippen molar-refractivity contribution in [3.8, 4) is 0 Å². The molecule has 62 valence electrons. The van der Waals surface area contributed by atoms with E-state index in [1.807, 2.05) is 0 Å². The van der Waals surface area contributed by atoms with Gasteiger partial charge in [-0.1, -0.05) is 17.7 Å². The molecule has 0 aromatic heterocycles. The Kier molecular flexibility index (Phi) is 1.56. The topological polar surface area (TPSA) is 40.5 Å². The van der Waals surface area contributed by atoms with Gasteiger partial charge in [0.25, 0.3) is 5.91 Å². The molecule has 0 aliphatic carbocycles. The highest BCUT2D eigenvalue weighted by Crippen LogP contribution is 2.32. The minimum absolute atomic E-state index is 0.186. The quantitative estimate of drug-likeness (QED) is 0.621. The minimum Gasteiger partial charge on any atom is -0.281 e. The summed E-state index contributed by atoms with van der Waals surface area (Å²) in [7, 11) is 0. The van der Waals surface area contributed by atoms with E-state index in [4.69, 9.17) is 11.6 Å². The number of fused-ring (bicyclic) bond motifs is 1. The Bertz CT molecular complexity index is 351. The average Bonchev–Trinajstić information content (AvgIpc) is 2.32. The first-order valence-corrected chi connectivity index (χ1v) is 3.87. The number of hydrogen-bond acceptors (Lipinski definition) is 2. The first kappa shape index (κ1) is 7.58. The van der Waals surface area contributed by atoms with Crippen LogP contribution < -0.4 is 5.06 Å². The number of amides is 1. The lowest BCUT2D eigenvalue weighted by Gasteiger charge is -2.06. The van der Waals surface area contributed by atoms with E-state index in [2.05, 4.69) is 0 Å². The van der Waals surface area contributed by atoms with Crippen molar-refractivity contribution in [2.24, 2.45) is 0 Å². The number of anilines is 1. The first-order valence-electron chi connectivity index (χ1n) is 3.49. The third kappa shape index (κ3) is 0.906. The molecule has 12 heavy (non-hydrogen) atoms. The normalized spacial score (nSPS) is 15.2. The molecule has 0 fully saturated rings. The van der Waals surface area contributed by atoms with Crippen molar-refractivity contribution in [1.82, 2.24) is 0 Å². The molecule has 0 unspecified atom stereocenters. The lowest BCUT2D eigenvalue weighted by atomic mass is 10.2. The van der Waals surface area contributed by atoms with E-state index in [0.29, 0.717) is 21.3 Å². The standard InChI is InChI=1S/C8H6ClNO2/c9-6-2-1-3-7-5(6)4-8(11)10(7)12/h1-3,12H,4H2. The molecule has 4 heteroatoms. The van der Waals surface area contributed by atoms with Gasteiger partial charge in [0, 0.05) is 10.6 Å². The fraction of sp³-hybridized carbons (Fsp3) is 0.125. The van der Waals surface area contributed by atoms with E-state index < -0.39 is 0 Å². The fourth-order valence-electron chi connectivity index (χ4n) is 1.28. The highest BCUT2D eigenvalue weighted by atomic mass is 35.5. The zero-order valence-electron chi connectivity index (χ0n) is 6.12. The van der Waals surface area contributed by atoms with Gasteiger partial charge in [0.05, 0.1) is 12.1 Å². The number of rotatable bonds is 0. The molecule has 0 saturated carbocycles. The predicted octanol–water partition coefficient (Wildman–Crippen LogP) is 1.62. The number of nitrogens with zero attached hydrogens (tertiary/aromatic N) is 1. The maximum absolute atomic E-state index is 11.0. The summed E-state index contributed by atoms with van der Waals surface area (Å²) in [6, 6.07) is 5.06. The van der Waals surface area contributed by atoms with Gasteiger partial charge in [0.1, 0.15) is 0 Å². The lowest BCUT2D eigenvalue weighted by molar-refractivity contribution is -0.122. The molecule has 1 aliphatic heterocycles. The van der Waals surface area contributed by atoms with Gasteiger partial charge in [0.2, 0.25) is 0 Å². The monoisotopic (exact) mass is 183 g/mol. The SMILES string of the molecule is O=C1Cc2c(Cl)cccc2N1O. The maximum atomic E-state index is 11.0. The molecular weight excluding hydrogens is 178 g/mol. The highest BCUT2D eigenvalue weighted by molar-refractivity contribution is 6.32. The van der Waals surface area contributed by atoms with E-state index in [0.717, 1.165) is 0 Å². The minimum atomic E-state index is -0.335. The van der Waals surface area contributed by atoms with Gasteiger partial charge in [0.15, 0.2) is 0 Å². The van der Waals surface area contributed by atoms with Gasteiger partial charge < -0.3 is 0 Å². The Hall–Kier alpha value is -1.06. The molecule has 1 aliphatic rings. The molecule has 1 amide bonds. The van der Waals surface area contributed by atoms with Crippen LogP contribution in [0.5, 0.6) is 0 Å². The molecule has 1 aromatic rings. The van der Waals surface area contributed by atoms with Crippen molar-refractivity contribution in [1.29, 1.82) is 0 Å². The Morgan fingerprint density at radius 3 is 2.92 bits per heavy atom. The summed E-state index contributed by atoms with van der Waals surface area (Å²) in [5.41, 5.74) is 1.19. The predicted molar refractivity (Wildman–Crippen MR) is 44.4 cm³/mol. The van der Waals surface area contributed by atoms with E-state index in [1.165, 1.54) is 0 Å². The van der Waals surface area contributed by atoms with Crippen LogP contribution >= 0.6 is 11.6 Å². The molecule has 0 saturated heterocycles. The Morgan fingerprint density at radius 1 is 1.50 bits per heavy atom. The number of hydroxylamine groups is 1. The Morgan fingerprint density at radius 2 is 2.25 bits per heavy atom. The number of hydrogen-bond donors (Lipinski definition) is 1. The summed E-state index contributed by atoms with van der Waals surface area (Å²) < 4.78 is 0. The highest BCUT2D eigenvalue weighted by Gasteiger charge is 2.27. The van der Waals surface area contributed by atoms with Crippen LogP contribution in [-0.4, -0.2) is 11.1 Å². The van der Waals surface area contributed by atoms with Crippen LogP contribution in [0.15, 0.2) is 18.2 Å². The van der Waals surface area contributed by atoms with Crippen molar-refractivity contribution in [2.45, 2.75) is 6.42 Å². The van der Waals surface area contributed by atoms with Gasteiger partial charge in [-0.25, -0.2) is 0 Å². The molecule has 0 radical (unpaired) electrons. The second-order valence-electron chi connectivity index (χ2n) is 2.62. The largest absolute Gasteiger partial charge is 0.281 e. The second-order valence-corrected chi connectivity index (χ2v) is 3.03. The first-order chi connectivity index (χ1) is 5.70. The van der Waals surface area contributed by atoms with Crippen molar-refractivity contribution >= 4 is 23.2 Å². The molecule has 2 rings (SSSR count). The van der Waals surface area contributed by atoms with Gasteiger partial charge in [-0.2, -0.15) is 5.06 Å². The summed E-state index contributed by atoms with van der Waals surface area (Å²) >= 11 is 5.81. The molecule has 1 heterocycles. The zero-order valence-corrected chi connectivity index (χ0v) is 6.88. The van der Waals surface area contributed by atoms with E-state index >= 15 is 0 Å². The molecule has 0 bridgehead atoms. The molecular formula is C8H6ClNO2. The molecule has 0 atom stereocenters. The Balaban J connectivity index is 2.60. The van der Waals surface area contributed by atoms with Crippen LogP contribution in [0.4, 0.5) is 5.69 Å². The summed E-state index contributed by atoms with van der Waals surface area (Å²) in [6.45, 7) is 0. The van der Waals surface area contributed by atoms with Gasteiger partial charge in [-0.3, -0.25) is 10.0 Å². The van der Waals surface area contributed by atoms with Crippen LogP contribution in [0.25, 0.3) is 0 Å². The van der Waals surface area contributed by atoms with Crippen molar-refractivity contribution in [3.63, 3.8) is 0 Å². The van der Waals surface area contributed by atoms with E-state index in [9.17, 15) is 10.0 Å². The van der Waals surface area contributed by atoms with Gasteiger partial charge >= 0.3 is 0 Å². The number of carbonyl (C=O) groups excluding carboxylic acids is 1. The summed E-state index contributed by atoms with van der Waals surface area (Å²) in [4.78, 5) is 11.0. The van der Waals surface area contributed by atoms with E-state index in [1.54, 1.807) is 18.2 Å². The molecule has 1 aromatic carbocycles. The van der Waals surface area contributed by atoms with Crippen molar-refractivity contribution < 1.29 is 10.0 Å². The number of carbonyl (C=O) groups is 1. The zero-order chi connectivity index (χ0) is 8.72. The summed E-state index contributed by atoms with van der Waals surface area (Å²) in [6.07, 6.45) is 0.186. The smallest absolute Gasteiger partial charge is 0.255 e. The van der Waals surface area contributed by atoms with Crippen LogP contribution in [-0.2, 0) is 11.2 Å². The third-order valence-electron chi connectivity index (χ3n) is 1.89. The Labute approximate surface area is 74.1 Å². The number of halogens is 1. The molecule has 3 nitrogen and oxygen atoms in total. The fourth-order valence-corrected chi connectivity index (χ4v) is 1.52. The van der Waals surface area contributed by atoms with Crippen LogP contribution in [0.3, 0.4) is 0 Å². The van der Waals surface area contributed by atoms with Gasteiger partial charge in [-0.05, 0) is 12.1 Å². The molecule has 1 N–H and O–H groups in total. The summed E-state index contributed by atoms with van der Waals surface area (Å²) in [5, 5.41) is 10.4. The van der Waals surface area contributed by atoms with Crippen LogP contribution in [0.2, 0.25) is 5.02 Å². The van der Waals surface area contributed by atoms with Crippen LogP contribution in [0, 0.1) is 0 Å². The van der Waals surface area contributed by atoms with Crippen LogP contribution in [0.1, 0.15) is 5.56 Å². The third-order valence-corrected chi connectivity index (χ3v) is 2.24. The van der Waals surface area contributed by atoms with Crippen molar-refractivity contribution in [2.75, 3.05) is 5.06 Å². The molecule has 0 spiro atoms. The van der Waals surface area contributed by atoms with E-state index in [-0.39, 0.29) is 12.3 Å². The van der Waals surface area contributed by atoms with Gasteiger partial charge in [-0.15, -0.1) is 0 Å². The maximum Gasteiger partial charge on any atom is 0.255 e.